The van der Waals surface area contributed by atoms with Crippen molar-refractivity contribution in [3.8, 4) is 0 Å². The Kier molecular flexibility index (Phi) is 3.75. The standard InChI is InChI=1S/C16H14N4S/c1-2-7-19-16(21)20-13-10-11-5-3-8-17-14(11)15-12(13)6-4-9-18-15/h2-6,8-10H,1,7H2,(H2,19,20,21). The fraction of sp³-hybridized carbons (Fsp3) is 0.0625. The zero-order chi connectivity index (χ0) is 14.7. The Bertz CT molecular complexity index is 829. The fourth-order valence-electron chi connectivity index (χ4n) is 2.21. The molecule has 104 valence electrons. The Hall–Kier alpha value is -2.53. The first-order chi connectivity index (χ1) is 10.3. The van der Waals surface area contributed by atoms with Gasteiger partial charge in [-0.05, 0) is 36.5 Å². The second kappa shape index (κ2) is 5.85. The molecule has 0 radical (unpaired) electrons. The summed E-state index contributed by atoms with van der Waals surface area (Å²) in [6.07, 6.45) is 5.31. The van der Waals surface area contributed by atoms with Crippen LogP contribution in [0.1, 0.15) is 0 Å². The van der Waals surface area contributed by atoms with Crippen molar-refractivity contribution < 1.29 is 0 Å². The number of pyridine rings is 2. The molecular formula is C16H14N4S. The fourth-order valence-corrected chi connectivity index (χ4v) is 2.40. The Balaban J connectivity index is 2.11. The summed E-state index contributed by atoms with van der Waals surface area (Å²) in [5.41, 5.74) is 2.67. The van der Waals surface area contributed by atoms with Gasteiger partial charge in [-0.3, -0.25) is 9.97 Å². The molecule has 4 nitrogen and oxygen atoms in total. The lowest BCUT2D eigenvalue weighted by Crippen LogP contribution is -2.28. The monoisotopic (exact) mass is 294 g/mol. The van der Waals surface area contributed by atoms with Crippen LogP contribution in [0.3, 0.4) is 0 Å². The van der Waals surface area contributed by atoms with E-state index in [1.165, 1.54) is 0 Å². The maximum absolute atomic E-state index is 5.28. The summed E-state index contributed by atoms with van der Waals surface area (Å²) in [6, 6.07) is 9.88. The predicted octanol–water partition coefficient (Wildman–Crippen LogP) is 3.26. The van der Waals surface area contributed by atoms with Crippen LogP contribution >= 0.6 is 12.2 Å². The Morgan fingerprint density at radius 3 is 2.76 bits per heavy atom. The van der Waals surface area contributed by atoms with Crippen molar-refractivity contribution in [1.82, 2.24) is 15.3 Å². The van der Waals surface area contributed by atoms with Crippen LogP contribution in [-0.2, 0) is 0 Å². The van der Waals surface area contributed by atoms with Crippen molar-refractivity contribution >= 4 is 44.8 Å². The zero-order valence-electron chi connectivity index (χ0n) is 11.3. The highest BCUT2D eigenvalue weighted by Crippen LogP contribution is 2.29. The van der Waals surface area contributed by atoms with Crippen molar-refractivity contribution in [2.45, 2.75) is 0 Å². The van der Waals surface area contributed by atoms with E-state index in [-0.39, 0.29) is 0 Å². The van der Waals surface area contributed by atoms with Crippen LogP contribution in [-0.4, -0.2) is 21.6 Å². The van der Waals surface area contributed by atoms with Crippen LogP contribution in [0.5, 0.6) is 0 Å². The molecule has 2 N–H and O–H groups in total. The first-order valence-corrected chi connectivity index (χ1v) is 6.98. The molecule has 0 aliphatic carbocycles. The SMILES string of the molecule is C=CCNC(=S)Nc1cc2cccnc2c2ncccc12. The lowest BCUT2D eigenvalue weighted by atomic mass is 10.1. The molecule has 2 aromatic heterocycles. The van der Waals surface area contributed by atoms with Gasteiger partial charge in [0.15, 0.2) is 5.11 Å². The highest BCUT2D eigenvalue weighted by Gasteiger charge is 2.08. The maximum atomic E-state index is 5.28. The molecule has 0 spiro atoms. The van der Waals surface area contributed by atoms with Crippen LogP contribution in [0.15, 0.2) is 55.4 Å². The summed E-state index contributed by atoms with van der Waals surface area (Å²) in [5, 5.41) is 8.85. The number of nitrogens with zero attached hydrogens (tertiary/aromatic N) is 2. The van der Waals surface area contributed by atoms with E-state index in [0.717, 1.165) is 27.5 Å². The highest BCUT2D eigenvalue weighted by atomic mass is 32.1. The molecule has 0 amide bonds. The van der Waals surface area contributed by atoms with E-state index in [4.69, 9.17) is 12.2 Å². The summed E-state index contributed by atoms with van der Waals surface area (Å²) in [5.74, 6) is 0. The summed E-state index contributed by atoms with van der Waals surface area (Å²) < 4.78 is 0. The predicted molar refractivity (Wildman–Crippen MR) is 91.5 cm³/mol. The summed E-state index contributed by atoms with van der Waals surface area (Å²) in [4.78, 5) is 8.88. The second-order valence-corrected chi connectivity index (χ2v) is 4.93. The van der Waals surface area contributed by atoms with E-state index < -0.39 is 0 Å². The van der Waals surface area contributed by atoms with Gasteiger partial charge >= 0.3 is 0 Å². The molecule has 0 fully saturated rings. The van der Waals surface area contributed by atoms with Crippen LogP contribution in [0, 0.1) is 0 Å². The average Bonchev–Trinajstić information content (AvgIpc) is 2.53. The molecule has 0 aliphatic heterocycles. The number of hydrogen-bond donors (Lipinski definition) is 2. The maximum Gasteiger partial charge on any atom is 0.171 e. The van der Waals surface area contributed by atoms with E-state index in [2.05, 4.69) is 27.2 Å². The van der Waals surface area contributed by atoms with E-state index >= 15 is 0 Å². The first kappa shape index (κ1) is 13.5. The van der Waals surface area contributed by atoms with Gasteiger partial charge in [0, 0.05) is 29.7 Å². The molecule has 1 aromatic carbocycles. The van der Waals surface area contributed by atoms with E-state index in [0.29, 0.717) is 11.7 Å². The van der Waals surface area contributed by atoms with Gasteiger partial charge in [0.05, 0.1) is 16.7 Å². The Morgan fingerprint density at radius 2 is 1.95 bits per heavy atom. The molecule has 0 bridgehead atoms. The molecule has 3 aromatic rings. The van der Waals surface area contributed by atoms with Crippen molar-refractivity contribution in [2.24, 2.45) is 0 Å². The van der Waals surface area contributed by atoms with Crippen molar-refractivity contribution in [1.29, 1.82) is 0 Å². The van der Waals surface area contributed by atoms with Gasteiger partial charge in [0.1, 0.15) is 0 Å². The normalized spacial score (nSPS) is 10.5. The molecule has 21 heavy (non-hydrogen) atoms. The van der Waals surface area contributed by atoms with Crippen LogP contribution in [0.2, 0.25) is 0 Å². The molecule has 0 saturated carbocycles. The van der Waals surface area contributed by atoms with Gasteiger partial charge < -0.3 is 10.6 Å². The Labute approximate surface area is 127 Å². The minimum atomic E-state index is 0.559. The number of nitrogens with one attached hydrogen (secondary N) is 2. The van der Waals surface area contributed by atoms with Crippen molar-refractivity contribution in [3.05, 3.63) is 55.4 Å². The van der Waals surface area contributed by atoms with Gasteiger partial charge in [0.2, 0.25) is 0 Å². The molecule has 0 saturated heterocycles. The quantitative estimate of drug-likeness (QED) is 0.441. The van der Waals surface area contributed by atoms with Gasteiger partial charge in [-0.15, -0.1) is 6.58 Å². The van der Waals surface area contributed by atoms with E-state index in [1.54, 1.807) is 18.5 Å². The topological polar surface area (TPSA) is 49.8 Å². The number of hydrogen-bond acceptors (Lipinski definition) is 3. The highest BCUT2D eigenvalue weighted by molar-refractivity contribution is 7.80. The van der Waals surface area contributed by atoms with Gasteiger partial charge in [-0.1, -0.05) is 12.1 Å². The number of aromatic nitrogens is 2. The van der Waals surface area contributed by atoms with E-state index in [9.17, 15) is 0 Å². The molecule has 0 atom stereocenters. The van der Waals surface area contributed by atoms with Gasteiger partial charge in [-0.25, -0.2) is 0 Å². The second-order valence-electron chi connectivity index (χ2n) is 4.52. The molecule has 3 rings (SSSR count). The third kappa shape index (κ3) is 2.68. The number of benzene rings is 1. The molecular weight excluding hydrogens is 280 g/mol. The zero-order valence-corrected chi connectivity index (χ0v) is 12.2. The van der Waals surface area contributed by atoms with E-state index in [1.807, 2.05) is 30.3 Å². The van der Waals surface area contributed by atoms with Crippen LogP contribution < -0.4 is 10.6 Å². The van der Waals surface area contributed by atoms with Crippen molar-refractivity contribution in [2.75, 3.05) is 11.9 Å². The largest absolute Gasteiger partial charge is 0.359 e. The number of fused-ring (bicyclic) bond motifs is 3. The molecule has 5 heteroatoms. The first-order valence-electron chi connectivity index (χ1n) is 6.58. The molecule has 0 unspecified atom stereocenters. The number of thiocarbonyl (C=S) groups is 1. The minimum absolute atomic E-state index is 0.559. The number of anilines is 1. The lowest BCUT2D eigenvalue weighted by Gasteiger charge is -2.12. The third-order valence-corrected chi connectivity index (χ3v) is 3.36. The summed E-state index contributed by atoms with van der Waals surface area (Å²) in [6.45, 7) is 4.28. The third-order valence-electron chi connectivity index (χ3n) is 3.12. The lowest BCUT2D eigenvalue weighted by molar-refractivity contribution is 1.06. The minimum Gasteiger partial charge on any atom is -0.359 e. The smallest absolute Gasteiger partial charge is 0.171 e. The van der Waals surface area contributed by atoms with Gasteiger partial charge in [-0.2, -0.15) is 0 Å². The van der Waals surface area contributed by atoms with Crippen LogP contribution in [0.25, 0.3) is 21.8 Å². The average molecular weight is 294 g/mol. The van der Waals surface area contributed by atoms with Gasteiger partial charge in [0.25, 0.3) is 0 Å². The molecule has 0 aliphatic rings. The molecule has 2 heterocycles. The van der Waals surface area contributed by atoms with Crippen LogP contribution in [0.4, 0.5) is 5.69 Å². The number of rotatable bonds is 3. The Morgan fingerprint density at radius 1 is 1.19 bits per heavy atom. The summed E-state index contributed by atoms with van der Waals surface area (Å²) >= 11 is 5.28. The summed E-state index contributed by atoms with van der Waals surface area (Å²) in [7, 11) is 0. The van der Waals surface area contributed by atoms with Crippen molar-refractivity contribution in [3.63, 3.8) is 0 Å².